The second kappa shape index (κ2) is 8.76. The number of fused-ring (bicyclic) bond motifs is 2. The van der Waals surface area contributed by atoms with Crippen molar-refractivity contribution in [2.45, 2.75) is 0 Å². The summed E-state index contributed by atoms with van der Waals surface area (Å²) in [5, 5.41) is 9.16. The lowest BCUT2D eigenvalue weighted by Gasteiger charge is -2.27. The van der Waals surface area contributed by atoms with Gasteiger partial charge in [-0.25, -0.2) is 5.43 Å². The summed E-state index contributed by atoms with van der Waals surface area (Å²) in [4.78, 5) is 17.6. The quantitative estimate of drug-likeness (QED) is 0.297. The Hall–Kier alpha value is -3.78. The highest BCUT2D eigenvalue weighted by molar-refractivity contribution is 6.13. The lowest BCUT2D eigenvalue weighted by atomic mass is 9.97. The van der Waals surface area contributed by atoms with Gasteiger partial charge in [0, 0.05) is 32.7 Å². The Morgan fingerprint density at radius 1 is 0.938 bits per heavy atom. The van der Waals surface area contributed by atoms with Crippen LogP contribution in [0.2, 0.25) is 0 Å². The number of ether oxygens (including phenoxy) is 1. The molecule has 0 spiro atoms. The zero-order valence-electron chi connectivity index (χ0n) is 18.2. The average molecular weight is 428 g/mol. The van der Waals surface area contributed by atoms with Gasteiger partial charge in [-0.3, -0.25) is 0 Å². The topological polar surface area (TPSA) is 78.8 Å². The summed E-state index contributed by atoms with van der Waals surface area (Å²) in [6, 6.07) is 18.9. The van der Waals surface area contributed by atoms with Crippen LogP contribution in [0.5, 0.6) is 0 Å². The molecule has 0 bridgehead atoms. The lowest BCUT2D eigenvalue weighted by molar-refractivity contribution is 0.122. The first-order chi connectivity index (χ1) is 15.7. The van der Waals surface area contributed by atoms with E-state index in [2.05, 4.69) is 72.8 Å². The maximum Gasteiger partial charge on any atom is 0.250 e. The van der Waals surface area contributed by atoms with Crippen molar-refractivity contribution in [3.05, 3.63) is 60.2 Å². The number of hydrogen-bond donors (Lipinski definition) is 1. The van der Waals surface area contributed by atoms with Gasteiger partial charge in [-0.05, 0) is 27.6 Å². The molecular formula is C24H25N7O. The maximum absolute atomic E-state index is 5.45. The fourth-order valence-corrected chi connectivity index (χ4v) is 3.85. The van der Waals surface area contributed by atoms with Crippen LogP contribution in [-0.4, -0.2) is 61.6 Å². The van der Waals surface area contributed by atoms with Gasteiger partial charge >= 0.3 is 0 Å². The summed E-state index contributed by atoms with van der Waals surface area (Å²) < 4.78 is 5.45. The second-order valence-electron chi connectivity index (χ2n) is 7.86. The zero-order valence-corrected chi connectivity index (χ0v) is 18.2. The molecule has 0 radical (unpaired) electrons. The van der Waals surface area contributed by atoms with Gasteiger partial charge < -0.3 is 14.5 Å². The maximum atomic E-state index is 5.45. The van der Waals surface area contributed by atoms with Crippen LogP contribution in [0.4, 0.5) is 17.8 Å². The first kappa shape index (κ1) is 20.1. The molecule has 0 unspecified atom stereocenters. The standard InChI is InChI=1S/C24H25N7O/c1-30(2)23-26-22(27-24(28-23)31-11-13-32-14-12-31)29-25-16-21-19-9-5-3-7-17(19)15-18-8-4-6-10-20(18)21/h3-10,15-16H,11-14H2,1-2H3,(H,26,27,28,29)/b25-16+. The number of nitrogens with zero attached hydrogens (tertiary/aromatic N) is 6. The number of anilines is 3. The summed E-state index contributed by atoms with van der Waals surface area (Å²) in [7, 11) is 3.82. The van der Waals surface area contributed by atoms with E-state index in [4.69, 9.17) is 4.74 Å². The van der Waals surface area contributed by atoms with Gasteiger partial charge in [0.25, 0.3) is 0 Å². The van der Waals surface area contributed by atoms with E-state index in [1.807, 2.05) is 37.3 Å². The van der Waals surface area contributed by atoms with Gasteiger partial charge in [0.2, 0.25) is 17.8 Å². The molecule has 1 aliphatic rings. The molecule has 0 atom stereocenters. The van der Waals surface area contributed by atoms with Gasteiger partial charge in [0.05, 0.1) is 19.4 Å². The number of hydrazone groups is 1. The first-order valence-corrected chi connectivity index (χ1v) is 10.6. The van der Waals surface area contributed by atoms with E-state index in [1.165, 1.54) is 10.8 Å². The fraction of sp³-hybridized carbons (Fsp3) is 0.250. The summed E-state index contributed by atoms with van der Waals surface area (Å²) in [6.45, 7) is 2.83. The van der Waals surface area contributed by atoms with E-state index in [1.54, 1.807) is 0 Å². The van der Waals surface area contributed by atoms with Crippen LogP contribution < -0.4 is 15.2 Å². The van der Waals surface area contributed by atoms with Crippen molar-refractivity contribution in [3.63, 3.8) is 0 Å². The molecule has 2 heterocycles. The van der Waals surface area contributed by atoms with Crippen LogP contribution in [0.25, 0.3) is 21.5 Å². The first-order valence-electron chi connectivity index (χ1n) is 10.6. The summed E-state index contributed by atoms with van der Waals surface area (Å²) in [6.07, 6.45) is 1.85. The third-order valence-electron chi connectivity index (χ3n) is 5.48. The summed E-state index contributed by atoms with van der Waals surface area (Å²) >= 11 is 0. The Kier molecular flexibility index (Phi) is 5.51. The van der Waals surface area contributed by atoms with Crippen LogP contribution in [0.1, 0.15) is 5.56 Å². The molecule has 5 rings (SSSR count). The Labute approximate surface area is 186 Å². The van der Waals surface area contributed by atoms with Crippen molar-refractivity contribution in [3.8, 4) is 0 Å². The SMILES string of the molecule is CN(C)c1nc(N/N=C/c2c3ccccc3cc3ccccc23)nc(N2CCOCC2)n1. The van der Waals surface area contributed by atoms with E-state index in [0.29, 0.717) is 31.1 Å². The molecular weight excluding hydrogens is 402 g/mol. The van der Waals surface area contributed by atoms with Gasteiger partial charge in [0.1, 0.15) is 0 Å². The van der Waals surface area contributed by atoms with Crippen molar-refractivity contribution < 1.29 is 4.74 Å². The third-order valence-corrected chi connectivity index (χ3v) is 5.48. The number of hydrogen-bond acceptors (Lipinski definition) is 8. The highest BCUT2D eigenvalue weighted by atomic mass is 16.5. The van der Waals surface area contributed by atoms with E-state index in [-0.39, 0.29) is 0 Å². The van der Waals surface area contributed by atoms with Crippen LogP contribution in [-0.2, 0) is 4.74 Å². The minimum Gasteiger partial charge on any atom is -0.378 e. The van der Waals surface area contributed by atoms with Crippen molar-refractivity contribution in [1.82, 2.24) is 15.0 Å². The molecule has 0 saturated carbocycles. The zero-order chi connectivity index (χ0) is 21.9. The molecule has 3 aromatic carbocycles. The molecule has 162 valence electrons. The van der Waals surface area contributed by atoms with Crippen LogP contribution >= 0.6 is 0 Å². The molecule has 1 aromatic heterocycles. The highest BCUT2D eigenvalue weighted by Gasteiger charge is 2.17. The van der Waals surface area contributed by atoms with Crippen molar-refractivity contribution >= 4 is 45.6 Å². The molecule has 32 heavy (non-hydrogen) atoms. The van der Waals surface area contributed by atoms with Crippen molar-refractivity contribution in [2.75, 3.05) is 55.6 Å². The van der Waals surface area contributed by atoms with Crippen LogP contribution in [0.3, 0.4) is 0 Å². The molecule has 1 fully saturated rings. The average Bonchev–Trinajstić information content (AvgIpc) is 2.84. The monoisotopic (exact) mass is 427 g/mol. The van der Waals surface area contributed by atoms with Gasteiger partial charge in [-0.15, -0.1) is 0 Å². The predicted molar refractivity (Wildman–Crippen MR) is 130 cm³/mol. The molecule has 0 amide bonds. The van der Waals surface area contributed by atoms with Gasteiger partial charge in [0.15, 0.2) is 0 Å². The summed E-state index contributed by atoms with van der Waals surface area (Å²) in [5.74, 6) is 1.61. The highest BCUT2D eigenvalue weighted by Crippen LogP contribution is 2.27. The number of benzene rings is 3. The number of morpholine rings is 1. The Morgan fingerprint density at radius 2 is 1.59 bits per heavy atom. The van der Waals surface area contributed by atoms with Crippen molar-refractivity contribution in [2.24, 2.45) is 5.10 Å². The Balaban J connectivity index is 1.49. The number of rotatable bonds is 5. The van der Waals surface area contributed by atoms with Crippen LogP contribution in [0, 0.1) is 0 Å². The van der Waals surface area contributed by atoms with Gasteiger partial charge in [-0.2, -0.15) is 20.1 Å². The van der Waals surface area contributed by atoms with Gasteiger partial charge in [-0.1, -0.05) is 48.5 Å². The third kappa shape index (κ3) is 4.04. The van der Waals surface area contributed by atoms with E-state index >= 15 is 0 Å². The molecule has 1 saturated heterocycles. The minimum atomic E-state index is 0.408. The molecule has 4 aromatic rings. The molecule has 8 heteroatoms. The van der Waals surface area contributed by atoms with Crippen LogP contribution in [0.15, 0.2) is 59.7 Å². The second-order valence-corrected chi connectivity index (χ2v) is 7.86. The van der Waals surface area contributed by atoms with E-state index in [0.717, 1.165) is 29.4 Å². The molecule has 1 aliphatic heterocycles. The molecule has 8 nitrogen and oxygen atoms in total. The normalized spacial score (nSPS) is 14.4. The van der Waals surface area contributed by atoms with E-state index < -0.39 is 0 Å². The number of nitrogens with one attached hydrogen (secondary N) is 1. The smallest absolute Gasteiger partial charge is 0.250 e. The minimum absolute atomic E-state index is 0.408. The number of aromatic nitrogens is 3. The van der Waals surface area contributed by atoms with Crippen molar-refractivity contribution in [1.29, 1.82) is 0 Å². The van der Waals surface area contributed by atoms with E-state index in [9.17, 15) is 0 Å². The fourth-order valence-electron chi connectivity index (χ4n) is 3.85. The largest absolute Gasteiger partial charge is 0.378 e. The molecule has 1 N–H and O–H groups in total. The lowest BCUT2D eigenvalue weighted by Crippen LogP contribution is -2.37. The Bertz CT molecular complexity index is 1230. The Morgan fingerprint density at radius 3 is 2.25 bits per heavy atom. The summed E-state index contributed by atoms with van der Waals surface area (Å²) in [5.41, 5.74) is 4.08. The predicted octanol–water partition coefficient (Wildman–Crippen LogP) is 3.53. The molecule has 0 aliphatic carbocycles.